The lowest BCUT2D eigenvalue weighted by Gasteiger charge is -2.18. The van der Waals surface area contributed by atoms with E-state index in [0.29, 0.717) is 19.3 Å². The monoisotopic (exact) mass is 1050 g/mol. The normalized spacial score (nSPS) is 13.5. The molecule has 0 heterocycles. The molecule has 0 aliphatic carbocycles. The van der Waals surface area contributed by atoms with Crippen molar-refractivity contribution in [1.82, 2.24) is 0 Å². The molecule has 6 nitrogen and oxygen atoms in total. The lowest BCUT2D eigenvalue weighted by Crippen LogP contribution is -2.30. The van der Waals surface area contributed by atoms with Crippen LogP contribution in [-0.2, 0) is 28.6 Å². The molecule has 0 aliphatic heterocycles. The lowest BCUT2D eigenvalue weighted by atomic mass is 10.1. The minimum absolute atomic E-state index is 0.135. The third-order valence-corrected chi connectivity index (χ3v) is 11.6. The van der Waals surface area contributed by atoms with E-state index in [1.165, 1.54) is 12.8 Å². The van der Waals surface area contributed by atoms with Crippen LogP contribution in [0.2, 0.25) is 0 Å². The highest BCUT2D eigenvalue weighted by molar-refractivity contribution is 5.71. The molecule has 0 aromatic carbocycles. The predicted octanol–water partition coefficient (Wildman–Crippen LogP) is 20.6. The van der Waals surface area contributed by atoms with Crippen LogP contribution in [0, 0.1) is 0 Å². The summed E-state index contributed by atoms with van der Waals surface area (Å²) in [5.41, 5.74) is 0. The molecule has 0 rings (SSSR count). The minimum Gasteiger partial charge on any atom is -0.462 e. The summed E-state index contributed by atoms with van der Waals surface area (Å²) in [6.45, 7) is 6.15. The van der Waals surface area contributed by atoms with Gasteiger partial charge in [0.25, 0.3) is 0 Å². The number of allylic oxidation sites excluding steroid dienone is 32. The van der Waals surface area contributed by atoms with Crippen LogP contribution < -0.4 is 0 Å². The van der Waals surface area contributed by atoms with E-state index in [4.69, 9.17) is 14.2 Å². The molecule has 0 aromatic rings. The van der Waals surface area contributed by atoms with E-state index in [2.05, 4.69) is 203 Å². The topological polar surface area (TPSA) is 78.9 Å². The second-order valence-corrected chi connectivity index (χ2v) is 18.8. The first-order chi connectivity index (χ1) is 38.0. The molecule has 1 atom stereocenters. The van der Waals surface area contributed by atoms with Crippen molar-refractivity contribution in [3.8, 4) is 0 Å². The summed E-state index contributed by atoms with van der Waals surface area (Å²) in [6.07, 6.45) is 95.9. The standard InChI is InChI=1S/C71H106O6/c1-4-7-10-13-16-19-22-25-27-28-29-30-31-32-33-34-35-36-37-38-39-40-41-42-44-46-49-52-55-58-61-64-70(73)76-67-68(66-75-69(72)63-60-57-54-51-48-45-24-21-18-15-12-9-6-3)77-71(74)65-62-59-56-53-50-47-43-26-23-20-17-14-11-8-5-2/h7-12,16-21,25-27,29-30,32-33,35-36,38-39,41-43,45,48,50,53-54,57,68H,4-6,13-15,22-24,28,31,34,37,40,44,46-47,49,51-52,55-56,58-67H2,1-3H3/b10-7-,11-8-,12-9-,19-16-,20-17-,21-18-,27-25-,30-29-,33-32-,36-35-,39-38-,42-41-,43-26-,48-45-,53-50-,57-54-. The molecule has 426 valence electrons. The molecule has 0 N–H and O–H groups in total. The third kappa shape index (κ3) is 61.0. The van der Waals surface area contributed by atoms with Crippen LogP contribution in [0.25, 0.3) is 0 Å². The maximum absolute atomic E-state index is 12.8. The van der Waals surface area contributed by atoms with Gasteiger partial charge >= 0.3 is 17.9 Å². The van der Waals surface area contributed by atoms with Gasteiger partial charge in [0.2, 0.25) is 0 Å². The summed E-state index contributed by atoms with van der Waals surface area (Å²) in [4.78, 5) is 38.1. The summed E-state index contributed by atoms with van der Waals surface area (Å²) in [7, 11) is 0. The number of unbranched alkanes of at least 4 members (excludes halogenated alkanes) is 8. The molecular formula is C71H106O6. The van der Waals surface area contributed by atoms with Gasteiger partial charge in [-0.2, -0.15) is 0 Å². The van der Waals surface area contributed by atoms with Gasteiger partial charge in [-0.15, -0.1) is 0 Å². The molecule has 0 aromatic heterocycles. The van der Waals surface area contributed by atoms with E-state index in [1.807, 2.05) is 12.2 Å². The highest BCUT2D eigenvalue weighted by atomic mass is 16.6. The molecular weight excluding hydrogens is 949 g/mol. The molecule has 0 saturated carbocycles. The SMILES string of the molecule is CC/C=C\C/C=C\C/C=C\C/C=C\C/C=C\C/C=C\C/C=C\C/C=C\CCCCCCCCC(=O)OCC(COC(=O)CC/C=C\C/C=C\C/C=C\C/C=C\CC)OC(=O)CCCC/C=C\C/C=C\C/C=C\C/C=C\CC. The zero-order valence-corrected chi connectivity index (χ0v) is 48.6. The Hall–Kier alpha value is -5.75. The fourth-order valence-electron chi connectivity index (χ4n) is 7.23. The smallest absolute Gasteiger partial charge is 0.306 e. The average molecular weight is 1060 g/mol. The molecule has 0 saturated heterocycles. The molecule has 1 unspecified atom stereocenters. The van der Waals surface area contributed by atoms with Gasteiger partial charge in [0.05, 0.1) is 0 Å². The first-order valence-corrected chi connectivity index (χ1v) is 29.9. The van der Waals surface area contributed by atoms with Gasteiger partial charge in [-0.05, 0) is 148 Å². The number of ether oxygens (including phenoxy) is 3. The number of carbonyl (C=O) groups is 3. The summed E-state index contributed by atoms with van der Waals surface area (Å²) in [5, 5.41) is 0. The first kappa shape index (κ1) is 71.2. The number of hydrogen-bond acceptors (Lipinski definition) is 6. The maximum atomic E-state index is 12.8. The van der Waals surface area contributed by atoms with Gasteiger partial charge in [0.1, 0.15) is 13.2 Å². The predicted molar refractivity (Wildman–Crippen MR) is 334 cm³/mol. The van der Waals surface area contributed by atoms with Crippen LogP contribution in [-0.4, -0.2) is 37.2 Å². The Balaban J connectivity index is 4.44. The minimum atomic E-state index is -0.847. The zero-order chi connectivity index (χ0) is 55.7. The van der Waals surface area contributed by atoms with Crippen molar-refractivity contribution >= 4 is 17.9 Å². The number of esters is 3. The van der Waals surface area contributed by atoms with Crippen molar-refractivity contribution in [3.05, 3.63) is 194 Å². The second kappa shape index (κ2) is 62.8. The molecule has 0 amide bonds. The molecule has 0 bridgehead atoms. The van der Waals surface area contributed by atoms with E-state index in [0.717, 1.165) is 148 Å². The van der Waals surface area contributed by atoms with Crippen LogP contribution in [0.4, 0.5) is 0 Å². The van der Waals surface area contributed by atoms with Crippen LogP contribution in [0.15, 0.2) is 194 Å². The van der Waals surface area contributed by atoms with Crippen LogP contribution in [0.5, 0.6) is 0 Å². The molecule has 6 heteroatoms. The van der Waals surface area contributed by atoms with E-state index in [1.54, 1.807) is 0 Å². The van der Waals surface area contributed by atoms with Crippen molar-refractivity contribution in [2.24, 2.45) is 0 Å². The molecule has 0 aliphatic rings. The van der Waals surface area contributed by atoms with Gasteiger partial charge in [-0.1, -0.05) is 241 Å². The van der Waals surface area contributed by atoms with Crippen LogP contribution in [0.1, 0.15) is 213 Å². The van der Waals surface area contributed by atoms with Crippen LogP contribution in [0.3, 0.4) is 0 Å². The zero-order valence-electron chi connectivity index (χ0n) is 48.6. The van der Waals surface area contributed by atoms with E-state index in [9.17, 15) is 14.4 Å². The Morgan fingerprint density at radius 1 is 0.260 bits per heavy atom. The Morgan fingerprint density at radius 2 is 0.494 bits per heavy atom. The maximum Gasteiger partial charge on any atom is 0.306 e. The molecule has 0 fully saturated rings. The van der Waals surface area contributed by atoms with Crippen molar-refractivity contribution in [1.29, 1.82) is 0 Å². The van der Waals surface area contributed by atoms with Gasteiger partial charge in [-0.25, -0.2) is 0 Å². The lowest BCUT2D eigenvalue weighted by molar-refractivity contribution is -0.166. The van der Waals surface area contributed by atoms with E-state index in [-0.39, 0.29) is 44.0 Å². The second-order valence-electron chi connectivity index (χ2n) is 18.8. The van der Waals surface area contributed by atoms with E-state index >= 15 is 0 Å². The Bertz CT molecular complexity index is 1880. The number of hydrogen-bond donors (Lipinski definition) is 0. The summed E-state index contributed by atoms with van der Waals surface area (Å²) in [5.74, 6) is -1.09. The van der Waals surface area contributed by atoms with Crippen molar-refractivity contribution in [2.45, 2.75) is 219 Å². The summed E-state index contributed by atoms with van der Waals surface area (Å²) in [6, 6.07) is 0. The van der Waals surface area contributed by atoms with Gasteiger partial charge in [0, 0.05) is 19.3 Å². The average Bonchev–Trinajstić information content (AvgIpc) is 3.43. The fourth-order valence-corrected chi connectivity index (χ4v) is 7.23. The van der Waals surface area contributed by atoms with E-state index < -0.39 is 6.10 Å². The quantitative estimate of drug-likeness (QED) is 0.0261. The number of rotatable bonds is 51. The van der Waals surface area contributed by atoms with Gasteiger partial charge in [0.15, 0.2) is 6.10 Å². The highest BCUT2D eigenvalue weighted by Crippen LogP contribution is 2.12. The molecule has 0 radical (unpaired) electrons. The van der Waals surface area contributed by atoms with Crippen molar-refractivity contribution in [3.63, 3.8) is 0 Å². The van der Waals surface area contributed by atoms with Gasteiger partial charge < -0.3 is 14.2 Å². The Labute approximate surface area is 471 Å². The highest BCUT2D eigenvalue weighted by Gasteiger charge is 2.19. The molecule has 0 spiro atoms. The Kier molecular flexibility index (Phi) is 58.1. The van der Waals surface area contributed by atoms with Crippen molar-refractivity contribution < 1.29 is 28.6 Å². The summed E-state index contributed by atoms with van der Waals surface area (Å²) < 4.78 is 16.7. The fraction of sp³-hybridized carbons (Fsp3) is 0.507. The largest absolute Gasteiger partial charge is 0.462 e. The first-order valence-electron chi connectivity index (χ1n) is 29.9. The van der Waals surface area contributed by atoms with Crippen LogP contribution >= 0.6 is 0 Å². The summed E-state index contributed by atoms with van der Waals surface area (Å²) >= 11 is 0. The van der Waals surface area contributed by atoms with Crippen molar-refractivity contribution in [2.75, 3.05) is 13.2 Å². The molecule has 77 heavy (non-hydrogen) atoms. The Morgan fingerprint density at radius 3 is 0.831 bits per heavy atom. The number of carbonyl (C=O) groups excluding carboxylic acids is 3. The van der Waals surface area contributed by atoms with Gasteiger partial charge in [-0.3, -0.25) is 14.4 Å². The third-order valence-electron chi connectivity index (χ3n) is 11.6.